The van der Waals surface area contributed by atoms with E-state index in [4.69, 9.17) is 9.84 Å². The van der Waals surface area contributed by atoms with Crippen LogP contribution in [0.1, 0.15) is 6.92 Å². The summed E-state index contributed by atoms with van der Waals surface area (Å²) in [5.41, 5.74) is -0.634. The minimum Gasteiger partial charge on any atom is -0.463 e. The lowest BCUT2D eigenvalue weighted by atomic mass is 10.7. The third-order valence-corrected chi connectivity index (χ3v) is 2.23. The molecule has 1 aliphatic heterocycles. The van der Waals surface area contributed by atoms with Gasteiger partial charge in [-0.1, -0.05) is 0 Å². The van der Waals surface area contributed by atoms with Gasteiger partial charge in [0.25, 0.3) is 0 Å². The Kier molecular flexibility index (Phi) is 3.16. The van der Waals surface area contributed by atoms with Crippen molar-refractivity contribution in [2.45, 2.75) is 18.6 Å². The van der Waals surface area contributed by atoms with Gasteiger partial charge < -0.3 is 14.6 Å². The van der Waals surface area contributed by atoms with Crippen molar-refractivity contribution in [3.63, 3.8) is 0 Å². The molecule has 1 fully saturated rings. The maximum Gasteiger partial charge on any atom is 0.345 e. The van der Waals surface area contributed by atoms with Crippen LogP contribution in [0, 0.1) is 0 Å². The van der Waals surface area contributed by atoms with E-state index >= 15 is 0 Å². The summed E-state index contributed by atoms with van der Waals surface area (Å²) in [6.07, 6.45) is -0.825. The summed E-state index contributed by atoms with van der Waals surface area (Å²) in [4.78, 5) is 10.9. The Morgan fingerprint density at radius 1 is 1.91 bits per heavy atom. The molecule has 4 nitrogen and oxygen atoms in total. The molecule has 0 radical (unpaired) electrons. The smallest absolute Gasteiger partial charge is 0.345 e. The monoisotopic (exact) mass is 178 g/mol. The number of aliphatic hydroxyl groups is 1. The number of thioether (sulfide) groups is 1. The zero-order chi connectivity index (χ0) is 8.27. The molecule has 1 saturated heterocycles. The Bertz CT molecular complexity index is 150. The normalized spacial score (nSPS) is 30.4. The molecule has 0 aromatic heterocycles. The van der Waals surface area contributed by atoms with Crippen LogP contribution in [-0.4, -0.2) is 35.2 Å². The van der Waals surface area contributed by atoms with E-state index in [-0.39, 0.29) is 0 Å². The molecule has 64 valence electrons. The maximum atomic E-state index is 10.9. The van der Waals surface area contributed by atoms with Crippen LogP contribution >= 0.6 is 11.8 Å². The number of carbonyl (C=O) groups excluding carboxylic acids is 1. The maximum absolute atomic E-state index is 10.9. The molecule has 5 heteroatoms. The number of aliphatic hydroxyl groups excluding tert-OH is 1. The first-order valence-electron chi connectivity index (χ1n) is 3.35. The molecule has 1 aliphatic rings. The van der Waals surface area contributed by atoms with Crippen LogP contribution in [0.4, 0.5) is 0 Å². The fourth-order valence-electron chi connectivity index (χ4n) is 0.725. The average Bonchev–Trinajstić information content (AvgIpc) is 2.36. The zero-order valence-electron chi connectivity index (χ0n) is 6.15. The van der Waals surface area contributed by atoms with Gasteiger partial charge in [-0.05, 0) is 6.92 Å². The van der Waals surface area contributed by atoms with E-state index in [0.29, 0.717) is 12.4 Å². The molecule has 0 saturated carbocycles. The first-order chi connectivity index (χ1) is 5.24. The van der Waals surface area contributed by atoms with E-state index in [2.05, 4.69) is 4.74 Å². The van der Waals surface area contributed by atoms with Gasteiger partial charge in [0.2, 0.25) is 5.44 Å². The van der Waals surface area contributed by atoms with Gasteiger partial charge in [0, 0.05) is 5.75 Å². The zero-order valence-corrected chi connectivity index (χ0v) is 6.97. The second-order valence-corrected chi connectivity index (χ2v) is 3.10. The van der Waals surface area contributed by atoms with Crippen molar-refractivity contribution in [2.75, 3.05) is 12.4 Å². The fraction of sp³-hybridized carbons (Fsp3) is 0.833. The van der Waals surface area contributed by atoms with Gasteiger partial charge in [-0.3, -0.25) is 0 Å². The molecule has 0 aromatic rings. The highest BCUT2D eigenvalue weighted by molar-refractivity contribution is 8.00. The number of ether oxygens (including phenoxy) is 2. The van der Waals surface area contributed by atoms with Gasteiger partial charge in [0.1, 0.15) is 0 Å². The summed E-state index contributed by atoms with van der Waals surface area (Å²) >= 11 is 1.25. The van der Waals surface area contributed by atoms with Gasteiger partial charge in [-0.2, -0.15) is 0 Å². The van der Waals surface area contributed by atoms with Gasteiger partial charge in [-0.25, -0.2) is 4.79 Å². The topological polar surface area (TPSA) is 55.8 Å². The molecule has 0 amide bonds. The van der Waals surface area contributed by atoms with Crippen LogP contribution in [0.25, 0.3) is 0 Å². The molecule has 0 bridgehead atoms. The van der Waals surface area contributed by atoms with Crippen molar-refractivity contribution < 1.29 is 19.4 Å². The summed E-state index contributed by atoms with van der Waals surface area (Å²) in [5.74, 6) is 0.0257. The van der Waals surface area contributed by atoms with Gasteiger partial charge in [0.05, 0.1) is 6.61 Å². The van der Waals surface area contributed by atoms with Crippen LogP contribution in [0.3, 0.4) is 0 Å². The number of esters is 1. The number of hydrogen-bond acceptors (Lipinski definition) is 5. The molecule has 1 N–H and O–H groups in total. The largest absolute Gasteiger partial charge is 0.463 e. The van der Waals surface area contributed by atoms with E-state index < -0.39 is 17.7 Å². The second kappa shape index (κ2) is 3.94. The molecule has 11 heavy (non-hydrogen) atoms. The Labute approximate surface area is 68.9 Å². The SMILES string of the molecule is CCOC(=O)[C@@H]1O[C@H](O)CS1. The molecule has 1 rings (SSSR count). The summed E-state index contributed by atoms with van der Waals surface area (Å²) in [6.45, 7) is 2.07. The van der Waals surface area contributed by atoms with E-state index in [1.807, 2.05) is 0 Å². The minimum atomic E-state index is -0.825. The highest BCUT2D eigenvalue weighted by Crippen LogP contribution is 2.24. The van der Waals surface area contributed by atoms with E-state index in [0.717, 1.165) is 0 Å². The lowest BCUT2D eigenvalue weighted by molar-refractivity contribution is -0.160. The Hall–Kier alpha value is -0.260. The summed E-state index contributed by atoms with van der Waals surface area (Å²) in [6, 6.07) is 0. The summed E-state index contributed by atoms with van der Waals surface area (Å²) < 4.78 is 9.50. The molecule has 0 unspecified atom stereocenters. The first-order valence-corrected chi connectivity index (χ1v) is 4.40. The van der Waals surface area contributed by atoms with E-state index in [9.17, 15) is 4.79 Å². The van der Waals surface area contributed by atoms with E-state index in [1.165, 1.54) is 11.8 Å². The Balaban J connectivity index is 2.31. The van der Waals surface area contributed by atoms with Crippen molar-refractivity contribution in [1.29, 1.82) is 0 Å². The third kappa shape index (κ3) is 2.36. The lowest BCUT2D eigenvalue weighted by Gasteiger charge is -2.07. The standard InChI is InChI=1S/C6H10O4S/c1-2-9-5(8)6-10-4(7)3-11-6/h4,6-7H,2-3H2,1H3/t4-,6+/m0/s1. The molecule has 2 atom stereocenters. The van der Waals surface area contributed by atoms with Gasteiger partial charge in [-0.15, -0.1) is 11.8 Å². The van der Waals surface area contributed by atoms with Crippen LogP contribution < -0.4 is 0 Å². The van der Waals surface area contributed by atoms with Gasteiger partial charge in [0.15, 0.2) is 6.29 Å². The number of carbonyl (C=O) groups is 1. The van der Waals surface area contributed by atoms with Crippen LogP contribution in [0.2, 0.25) is 0 Å². The lowest BCUT2D eigenvalue weighted by Crippen LogP contribution is -2.21. The van der Waals surface area contributed by atoms with Crippen LogP contribution in [0.5, 0.6) is 0 Å². The highest BCUT2D eigenvalue weighted by atomic mass is 32.2. The van der Waals surface area contributed by atoms with Crippen molar-refractivity contribution in [2.24, 2.45) is 0 Å². The predicted molar refractivity (Wildman–Crippen MR) is 40.0 cm³/mol. The molecule has 0 aliphatic carbocycles. The molecular weight excluding hydrogens is 168 g/mol. The Morgan fingerprint density at radius 2 is 2.64 bits per heavy atom. The first kappa shape index (κ1) is 8.83. The fourth-order valence-corrected chi connectivity index (χ4v) is 1.55. The van der Waals surface area contributed by atoms with Gasteiger partial charge >= 0.3 is 5.97 Å². The minimum absolute atomic E-state index is 0.343. The van der Waals surface area contributed by atoms with Crippen molar-refractivity contribution >= 4 is 17.7 Å². The van der Waals surface area contributed by atoms with Crippen molar-refractivity contribution in [3.8, 4) is 0 Å². The predicted octanol–water partition coefficient (Wildman–Crippen LogP) is -0.0426. The van der Waals surface area contributed by atoms with Crippen molar-refractivity contribution in [3.05, 3.63) is 0 Å². The number of hydrogen-bond donors (Lipinski definition) is 1. The van der Waals surface area contributed by atoms with Crippen LogP contribution in [0.15, 0.2) is 0 Å². The van der Waals surface area contributed by atoms with Crippen LogP contribution in [-0.2, 0) is 14.3 Å². The molecule has 1 heterocycles. The summed E-state index contributed by atoms with van der Waals surface area (Å²) in [7, 11) is 0. The second-order valence-electron chi connectivity index (χ2n) is 2.01. The summed E-state index contributed by atoms with van der Waals surface area (Å²) in [5, 5.41) is 8.87. The third-order valence-electron chi connectivity index (χ3n) is 1.15. The molecule has 0 spiro atoms. The Morgan fingerprint density at radius 3 is 3.09 bits per heavy atom. The van der Waals surface area contributed by atoms with Crippen molar-refractivity contribution in [1.82, 2.24) is 0 Å². The highest BCUT2D eigenvalue weighted by Gasteiger charge is 2.30. The quantitative estimate of drug-likeness (QED) is 0.601. The number of rotatable bonds is 2. The molecular formula is C6H10O4S. The average molecular weight is 178 g/mol. The van der Waals surface area contributed by atoms with E-state index in [1.54, 1.807) is 6.92 Å². The molecule has 0 aromatic carbocycles.